The predicted molar refractivity (Wildman–Crippen MR) is 81.7 cm³/mol. The summed E-state index contributed by atoms with van der Waals surface area (Å²) in [4.78, 5) is 24.2. The number of fused-ring (bicyclic) bond motifs is 1. The summed E-state index contributed by atoms with van der Waals surface area (Å²) in [5, 5.41) is 2.73. The van der Waals surface area contributed by atoms with E-state index in [1.165, 1.54) is 18.8 Å². The standard InChI is InChI=1S/C15H17N3O3S/c1-8-13(14(20)21-3)9(6-12(19)16-8)15(2)5-4-10-11(7-15)18-22-17-10/h4-5,9H,6-7H2,1-3H3,(H,16,19)/t9-,15?/m1/s1. The molecule has 2 atom stereocenters. The van der Waals surface area contributed by atoms with E-state index in [2.05, 4.69) is 14.1 Å². The number of ether oxygens (including phenoxy) is 1. The molecule has 0 fully saturated rings. The molecule has 0 bridgehead atoms. The Morgan fingerprint density at radius 3 is 3.00 bits per heavy atom. The molecule has 7 heteroatoms. The zero-order chi connectivity index (χ0) is 15.9. The second-order valence-electron chi connectivity index (χ2n) is 5.95. The molecule has 0 saturated carbocycles. The maximum atomic E-state index is 12.2. The third-order valence-electron chi connectivity index (χ3n) is 4.43. The first-order valence-corrected chi connectivity index (χ1v) is 7.77. The van der Waals surface area contributed by atoms with E-state index < -0.39 is 0 Å². The van der Waals surface area contributed by atoms with Crippen LogP contribution in [-0.2, 0) is 20.7 Å². The highest BCUT2D eigenvalue weighted by Gasteiger charge is 2.44. The van der Waals surface area contributed by atoms with E-state index in [0.29, 0.717) is 17.7 Å². The first-order chi connectivity index (χ1) is 10.4. The lowest BCUT2D eigenvalue weighted by Gasteiger charge is -2.39. The van der Waals surface area contributed by atoms with Crippen LogP contribution < -0.4 is 5.32 Å². The smallest absolute Gasteiger partial charge is 0.335 e. The van der Waals surface area contributed by atoms with Crippen molar-refractivity contribution in [2.45, 2.75) is 26.7 Å². The van der Waals surface area contributed by atoms with E-state index in [0.717, 1.165) is 11.4 Å². The summed E-state index contributed by atoms with van der Waals surface area (Å²) in [7, 11) is 1.36. The summed E-state index contributed by atoms with van der Waals surface area (Å²) in [6, 6.07) is 0. The lowest BCUT2D eigenvalue weighted by molar-refractivity contribution is -0.137. The molecule has 1 aromatic heterocycles. The monoisotopic (exact) mass is 319 g/mol. The van der Waals surface area contributed by atoms with Crippen LogP contribution in [0.2, 0.25) is 0 Å². The minimum Gasteiger partial charge on any atom is -0.466 e. The highest BCUT2D eigenvalue weighted by molar-refractivity contribution is 6.99. The molecule has 1 amide bonds. The van der Waals surface area contributed by atoms with Crippen LogP contribution in [0, 0.1) is 11.3 Å². The summed E-state index contributed by atoms with van der Waals surface area (Å²) >= 11 is 1.18. The molecule has 1 aliphatic heterocycles. The third kappa shape index (κ3) is 2.35. The van der Waals surface area contributed by atoms with Crippen LogP contribution in [0.15, 0.2) is 17.3 Å². The van der Waals surface area contributed by atoms with Crippen molar-refractivity contribution in [1.29, 1.82) is 0 Å². The zero-order valence-corrected chi connectivity index (χ0v) is 13.5. The van der Waals surface area contributed by atoms with Crippen LogP contribution in [-0.4, -0.2) is 27.7 Å². The summed E-state index contributed by atoms with van der Waals surface area (Å²) in [6.07, 6.45) is 4.88. The van der Waals surface area contributed by atoms with Gasteiger partial charge in [-0.05, 0) is 18.4 Å². The molecular formula is C15H17N3O3S. The highest BCUT2D eigenvalue weighted by Crippen LogP contribution is 2.45. The Kier molecular flexibility index (Phi) is 3.60. The number of carbonyl (C=O) groups excluding carboxylic acids is 2. The molecule has 2 heterocycles. The molecule has 0 spiro atoms. The van der Waals surface area contributed by atoms with Crippen molar-refractivity contribution < 1.29 is 14.3 Å². The van der Waals surface area contributed by atoms with Gasteiger partial charge in [0.05, 0.1) is 35.8 Å². The predicted octanol–water partition coefficient (Wildman–Crippen LogP) is 1.70. The summed E-state index contributed by atoms with van der Waals surface area (Å²) in [5.74, 6) is -0.703. The lowest BCUT2D eigenvalue weighted by Crippen LogP contribution is -2.42. The minimum atomic E-state index is -0.390. The molecule has 22 heavy (non-hydrogen) atoms. The van der Waals surface area contributed by atoms with E-state index in [4.69, 9.17) is 4.74 Å². The molecule has 3 rings (SSSR count). The number of nitrogens with zero attached hydrogens (tertiary/aromatic N) is 2. The van der Waals surface area contributed by atoms with Gasteiger partial charge >= 0.3 is 5.97 Å². The molecule has 116 valence electrons. The Morgan fingerprint density at radius 1 is 1.50 bits per heavy atom. The van der Waals surface area contributed by atoms with Gasteiger partial charge in [-0.15, -0.1) is 0 Å². The van der Waals surface area contributed by atoms with Gasteiger partial charge in [0.25, 0.3) is 0 Å². The van der Waals surface area contributed by atoms with Crippen LogP contribution in [0.4, 0.5) is 0 Å². The Labute approximate surface area is 132 Å². The van der Waals surface area contributed by atoms with Crippen LogP contribution >= 0.6 is 11.7 Å². The summed E-state index contributed by atoms with van der Waals surface area (Å²) in [5.41, 5.74) is 2.54. The van der Waals surface area contributed by atoms with Gasteiger partial charge in [0, 0.05) is 24.5 Å². The maximum Gasteiger partial charge on any atom is 0.335 e. The zero-order valence-electron chi connectivity index (χ0n) is 12.7. The maximum absolute atomic E-state index is 12.2. The molecular weight excluding hydrogens is 302 g/mol. The van der Waals surface area contributed by atoms with Crippen LogP contribution in [0.3, 0.4) is 0 Å². The molecule has 0 aromatic carbocycles. The van der Waals surface area contributed by atoms with Gasteiger partial charge in [-0.2, -0.15) is 8.75 Å². The molecule has 1 aliphatic carbocycles. The number of aromatic nitrogens is 2. The average molecular weight is 319 g/mol. The second kappa shape index (κ2) is 5.31. The van der Waals surface area contributed by atoms with E-state index in [1.54, 1.807) is 6.92 Å². The topological polar surface area (TPSA) is 81.2 Å². The molecule has 1 unspecified atom stereocenters. The van der Waals surface area contributed by atoms with Crippen molar-refractivity contribution in [2.24, 2.45) is 11.3 Å². The molecule has 0 saturated heterocycles. The normalized spacial score (nSPS) is 27.4. The van der Waals surface area contributed by atoms with E-state index in [9.17, 15) is 9.59 Å². The lowest BCUT2D eigenvalue weighted by atomic mass is 9.65. The van der Waals surface area contributed by atoms with Gasteiger partial charge < -0.3 is 10.1 Å². The fourth-order valence-corrected chi connectivity index (χ4v) is 3.79. The number of rotatable bonds is 2. The van der Waals surface area contributed by atoms with Crippen molar-refractivity contribution in [1.82, 2.24) is 14.1 Å². The molecule has 1 aromatic rings. The van der Waals surface area contributed by atoms with Gasteiger partial charge in [0.2, 0.25) is 5.91 Å². The fraction of sp³-hybridized carbons (Fsp3) is 0.467. The Balaban J connectivity index is 2.03. The first-order valence-electron chi connectivity index (χ1n) is 7.04. The number of amides is 1. The van der Waals surface area contributed by atoms with Gasteiger partial charge in [-0.1, -0.05) is 13.0 Å². The highest BCUT2D eigenvalue weighted by atomic mass is 32.1. The Bertz CT molecular complexity index is 707. The molecule has 0 radical (unpaired) electrons. The average Bonchev–Trinajstić information content (AvgIpc) is 2.92. The van der Waals surface area contributed by atoms with Gasteiger partial charge in [0.15, 0.2) is 0 Å². The molecule has 1 N–H and O–H groups in total. The molecule has 2 aliphatic rings. The van der Waals surface area contributed by atoms with Crippen molar-refractivity contribution in [3.05, 3.63) is 28.7 Å². The van der Waals surface area contributed by atoms with E-state index in [1.807, 2.05) is 19.1 Å². The summed E-state index contributed by atoms with van der Waals surface area (Å²) in [6.45, 7) is 3.79. The van der Waals surface area contributed by atoms with Crippen LogP contribution in [0.5, 0.6) is 0 Å². The SMILES string of the molecule is COC(=O)C1=C(C)NC(=O)C[C@H]1C1(C)C=Cc2nsnc2C1. The van der Waals surface area contributed by atoms with Gasteiger partial charge in [-0.25, -0.2) is 4.79 Å². The first kappa shape index (κ1) is 14.9. The van der Waals surface area contributed by atoms with Crippen molar-refractivity contribution >= 4 is 29.7 Å². The van der Waals surface area contributed by atoms with Crippen molar-refractivity contribution in [2.75, 3.05) is 7.11 Å². The number of esters is 1. The van der Waals surface area contributed by atoms with Gasteiger partial charge in [-0.3, -0.25) is 4.79 Å². The number of nitrogens with one attached hydrogen (secondary N) is 1. The van der Waals surface area contributed by atoms with Crippen LogP contribution in [0.25, 0.3) is 6.08 Å². The number of carbonyl (C=O) groups is 2. The summed E-state index contributed by atoms with van der Waals surface area (Å²) < 4.78 is 13.5. The number of allylic oxidation sites excluding steroid dienone is 2. The van der Waals surface area contributed by atoms with Crippen molar-refractivity contribution in [3.8, 4) is 0 Å². The second-order valence-corrected chi connectivity index (χ2v) is 6.48. The molecule has 6 nitrogen and oxygen atoms in total. The van der Waals surface area contributed by atoms with Gasteiger partial charge in [0.1, 0.15) is 0 Å². The Morgan fingerprint density at radius 2 is 2.27 bits per heavy atom. The fourth-order valence-electron chi connectivity index (χ4n) is 3.24. The number of hydrogen-bond acceptors (Lipinski definition) is 6. The third-order valence-corrected chi connectivity index (χ3v) is 5.01. The Hall–Kier alpha value is -2.02. The van der Waals surface area contributed by atoms with Crippen molar-refractivity contribution in [3.63, 3.8) is 0 Å². The minimum absolute atomic E-state index is 0.0769. The van der Waals surface area contributed by atoms with E-state index >= 15 is 0 Å². The quantitative estimate of drug-likeness (QED) is 0.839. The van der Waals surface area contributed by atoms with E-state index in [-0.39, 0.29) is 29.6 Å². The number of hydrogen-bond donors (Lipinski definition) is 1. The number of methoxy groups -OCH3 is 1. The van der Waals surface area contributed by atoms with Crippen LogP contribution in [0.1, 0.15) is 31.7 Å². The largest absolute Gasteiger partial charge is 0.466 e.